The fourth-order valence-electron chi connectivity index (χ4n) is 6.50. The van der Waals surface area contributed by atoms with Crippen molar-refractivity contribution < 1.29 is 9.47 Å². The van der Waals surface area contributed by atoms with Crippen LogP contribution in [0.3, 0.4) is 0 Å². The molecule has 216 valence electrons. The average molecular weight is 554 g/mol. The molecule has 0 saturated carbocycles. The van der Waals surface area contributed by atoms with Crippen LogP contribution in [-0.4, -0.2) is 41.6 Å². The van der Waals surface area contributed by atoms with Crippen LogP contribution in [0.15, 0.2) is 22.1 Å². The van der Waals surface area contributed by atoms with E-state index in [1.165, 1.54) is 56.2 Å². The van der Waals surface area contributed by atoms with E-state index < -0.39 is 0 Å². The van der Waals surface area contributed by atoms with Gasteiger partial charge in [-0.05, 0) is 72.9 Å². The summed E-state index contributed by atoms with van der Waals surface area (Å²) in [5.74, 6) is 1.24. The molecule has 4 heterocycles. The van der Waals surface area contributed by atoms with Gasteiger partial charge in [0.2, 0.25) is 0 Å². The van der Waals surface area contributed by atoms with Gasteiger partial charge in [0.1, 0.15) is 0 Å². The number of H-pyrrole nitrogens is 3. The number of aromatic amines is 3. The molecule has 5 rings (SSSR count). The molecule has 7 heteroatoms. The van der Waals surface area contributed by atoms with Crippen LogP contribution in [-0.2, 0) is 38.5 Å². The summed E-state index contributed by atoms with van der Waals surface area (Å²) in [5, 5.41) is 0. The lowest BCUT2D eigenvalue weighted by Crippen LogP contribution is -1.98. The Morgan fingerprint density at radius 1 is 0.585 bits per heavy atom. The summed E-state index contributed by atoms with van der Waals surface area (Å²) in [5.41, 5.74) is 16.7. The zero-order valence-corrected chi connectivity index (χ0v) is 25.8. The maximum absolute atomic E-state index is 5.60. The second-order valence-corrected chi connectivity index (χ2v) is 10.8. The summed E-state index contributed by atoms with van der Waals surface area (Å²) in [4.78, 5) is 21.2. The first-order valence-corrected chi connectivity index (χ1v) is 14.8. The van der Waals surface area contributed by atoms with Crippen LogP contribution in [0.1, 0.15) is 95.2 Å². The van der Waals surface area contributed by atoms with Crippen LogP contribution in [0.25, 0.3) is 0 Å². The van der Waals surface area contributed by atoms with Gasteiger partial charge in [0, 0.05) is 47.8 Å². The summed E-state index contributed by atoms with van der Waals surface area (Å²) in [6.45, 7) is 13.4. The monoisotopic (exact) mass is 553 g/mol. The van der Waals surface area contributed by atoms with E-state index in [0.29, 0.717) is 22.9 Å². The van der Waals surface area contributed by atoms with E-state index in [0.717, 1.165) is 49.9 Å². The molecule has 1 aromatic carbocycles. The van der Waals surface area contributed by atoms with Gasteiger partial charge in [-0.15, -0.1) is 0 Å². The molecule has 1 aliphatic rings. The van der Waals surface area contributed by atoms with Crippen LogP contribution < -0.4 is 9.47 Å². The zero-order valence-electron chi connectivity index (χ0n) is 25.8. The number of hydrogen-bond acceptors (Lipinski definition) is 4. The molecule has 0 saturated heterocycles. The Balaban J connectivity index is 1.76. The lowest BCUT2D eigenvalue weighted by Gasteiger charge is -2.10. The number of rotatable bonds is 6. The van der Waals surface area contributed by atoms with Crippen LogP contribution >= 0.6 is 0 Å². The van der Waals surface area contributed by atoms with Crippen LogP contribution in [0, 0.1) is 13.8 Å². The molecule has 0 amide bonds. The first-order chi connectivity index (χ1) is 19.9. The van der Waals surface area contributed by atoms with E-state index in [9.17, 15) is 0 Å². The fourth-order valence-corrected chi connectivity index (χ4v) is 6.50. The van der Waals surface area contributed by atoms with Crippen molar-refractivity contribution in [3.63, 3.8) is 0 Å². The highest BCUT2D eigenvalue weighted by molar-refractivity contribution is 5.88. The molecule has 0 unspecified atom stereocenters. The molecule has 0 radical (unpaired) electrons. The number of aromatic nitrogens is 3. The topological polar surface area (TPSA) is 90.5 Å². The van der Waals surface area contributed by atoms with Gasteiger partial charge in [-0.25, -0.2) is 0 Å². The lowest BCUT2D eigenvalue weighted by molar-refractivity contribution is 0.355. The molecule has 0 fully saturated rings. The maximum atomic E-state index is 5.60. The summed E-state index contributed by atoms with van der Waals surface area (Å²) < 4.78 is 11.2. The molecule has 3 aromatic heterocycles. The van der Waals surface area contributed by atoms with E-state index in [2.05, 4.69) is 56.5 Å². The Bertz CT molecular complexity index is 1510. The molecule has 0 atom stereocenters. The summed E-state index contributed by atoms with van der Waals surface area (Å²) in [6.07, 6.45) is 9.45. The van der Waals surface area contributed by atoms with Gasteiger partial charge < -0.3 is 24.4 Å². The largest absolute Gasteiger partial charge is 0.493 e. The van der Waals surface area contributed by atoms with E-state index in [1.807, 2.05) is 24.6 Å². The SMILES string of the molecule is CCc1c2[nH]c(c1C)C=Nc1cc(OC)c(OC)cc1N=Cc1[nH]c(c(CC)c1C)Cc1[nH]c(c(CC)c1CC)C2. The molecule has 7 nitrogen and oxygen atoms in total. The number of methoxy groups -OCH3 is 2. The van der Waals surface area contributed by atoms with E-state index >= 15 is 0 Å². The van der Waals surface area contributed by atoms with Crippen molar-refractivity contribution in [3.05, 3.63) is 79.7 Å². The highest BCUT2D eigenvalue weighted by Crippen LogP contribution is 2.40. The minimum atomic E-state index is 0.621. The molecule has 41 heavy (non-hydrogen) atoms. The first kappa shape index (κ1) is 28.5. The number of nitrogens with zero attached hydrogens (tertiary/aromatic N) is 2. The lowest BCUT2D eigenvalue weighted by atomic mass is 9.98. The van der Waals surface area contributed by atoms with Gasteiger partial charge in [0.15, 0.2) is 11.5 Å². The summed E-state index contributed by atoms with van der Waals surface area (Å²) >= 11 is 0. The standard InChI is InChI=1S/C34H43N5O2/c1-9-21-19(5)31-17-35-29-15-33(40-7)34(41-8)16-30(29)36-18-32-20(6)22(10-2)26(39-32)14-28-24(12-4)23(11-3)27(37-28)13-25(21)38-31/h15-18,37-39H,9-14H2,1-8H3. The first-order valence-electron chi connectivity index (χ1n) is 14.8. The highest BCUT2D eigenvalue weighted by Gasteiger charge is 2.21. The number of nitrogens with one attached hydrogen (secondary N) is 3. The molecule has 3 N–H and O–H groups in total. The predicted molar refractivity (Wildman–Crippen MR) is 169 cm³/mol. The maximum Gasteiger partial charge on any atom is 0.163 e. The fraction of sp³-hybridized carbons (Fsp3) is 0.412. The zero-order chi connectivity index (χ0) is 29.3. The van der Waals surface area contributed by atoms with Crippen molar-refractivity contribution in [2.24, 2.45) is 9.98 Å². The molecular weight excluding hydrogens is 510 g/mol. The summed E-state index contributed by atoms with van der Waals surface area (Å²) in [7, 11) is 3.28. The van der Waals surface area contributed by atoms with Crippen molar-refractivity contribution in [2.45, 2.75) is 80.1 Å². The van der Waals surface area contributed by atoms with E-state index in [-0.39, 0.29) is 0 Å². The molecule has 0 spiro atoms. The highest BCUT2D eigenvalue weighted by atomic mass is 16.5. The minimum absolute atomic E-state index is 0.621. The second kappa shape index (κ2) is 11.9. The van der Waals surface area contributed by atoms with Crippen LogP contribution in [0.2, 0.25) is 0 Å². The summed E-state index contributed by atoms with van der Waals surface area (Å²) in [6, 6.07) is 3.78. The third kappa shape index (κ3) is 5.14. The van der Waals surface area contributed by atoms with Gasteiger partial charge >= 0.3 is 0 Å². The smallest absolute Gasteiger partial charge is 0.163 e. The molecule has 0 aliphatic carbocycles. The molecule has 4 aromatic rings. The van der Waals surface area contributed by atoms with Gasteiger partial charge in [0.05, 0.1) is 49.4 Å². The molecule has 6 bridgehead atoms. The molecule has 1 aliphatic heterocycles. The van der Waals surface area contributed by atoms with Crippen molar-refractivity contribution in [1.29, 1.82) is 0 Å². The molecular formula is C34H43N5O2. The minimum Gasteiger partial charge on any atom is -0.493 e. The predicted octanol–water partition coefficient (Wildman–Crippen LogP) is 7.55. The van der Waals surface area contributed by atoms with Gasteiger partial charge in [-0.1, -0.05) is 27.7 Å². The number of benzene rings is 1. The second-order valence-electron chi connectivity index (χ2n) is 10.8. The number of ether oxygens (including phenoxy) is 2. The Labute approximate surface area is 243 Å². The number of aliphatic imine (C=N–C) groups is 2. The Morgan fingerprint density at radius 3 is 1.29 bits per heavy atom. The van der Waals surface area contributed by atoms with Gasteiger partial charge in [-0.2, -0.15) is 0 Å². The van der Waals surface area contributed by atoms with Gasteiger partial charge in [-0.3, -0.25) is 9.98 Å². The Kier molecular flexibility index (Phi) is 8.25. The van der Waals surface area contributed by atoms with E-state index in [4.69, 9.17) is 19.5 Å². The van der Waals surface area contributed by atoms with E-state index in [1.54, 1.807) is 14.2 Å². The Hall–Kier alpha value is -4.00. The van der Waals surface area contributed by atoms with Crippen molar-refractivity contribution in [2.75, 3.05) is 14.2 Å². The number of fused-ring (bicyclic) bond motifs is 7. The van der Waals surface area contributed by atoms with Crippen LogP contribution in [0.5, 0.6) is 11.5 Å². The average Bonchev–Trinajstić information content (AvgIpc) is 3.58. The Morgan fingerprint density at radius 2 is 0.951 bits per heavy atom. The van der Waals surface area contributed by atoms with Crippen molar-refractivity contribution >= 4 is 23.8 Å². The number of hydrogen-bond donors (Lipinski definition) is 3. The van der Waals surface area contributed by atoms with Crippen molar-refractivity contribution in [1.82, 2.24) is 15.0 Å². The quantitative estimate of drug-likeness (QED) is 0.203. The normalized spacial score (nSPS) is 12.9. The van der Waals surface area contributed by atoms with Gasteiger partial charge in [0.25, 0.3) is 0 Å². The third-order valence-electron chi connectivity index (χ3n) is 8.68. The third-order valence-corrected chi connectivity index (χ3v) is 8.68. The van der Waals surface area contributed by atoms with Crippen molar-refractivity contribution in [3.8, 4) is 11.5 Å². The van der Waals surface area contributed by atoms with Crippen LogP contribution in [0.4, 0.5) is 11.4 Å².